The second kappa shape index (κ2) is 6.87. The van der Waals surface area contributed by atoms with Gasteiger partial charge in [0.15, 0.2) is 0 Å². The fourth-order valence-electron chi connectivity index (χ4n) is 3.39. The van der Waals surface area contributed by atoms with Crippen LogP contribution >= 0.6 is 0 Å². The van der Waals surface area contributed by atoms with Crippen LogP contribution in [0.15, 0.2) is 18.2 Å². The highest BCUT2D eigenvalue weighted by Crippen LogP contribution is 2.24. The molecule has 0 bridgehead atoms. The average molecular weight is 363 g/mol. The summed E-state index contributed by atoms with van der Waals surface area (Å²) in [6.07, 6.45) is -0.338. The van der Waals surface area contributed by atoms with Crippen LogP contribution in [0.3, 0.4) is 0 Å². The molecule has 6 nitrogen and oxygen atoms in total. The van der Waals surface area contributed by atoms with Gasteiger partial charge in [-0.15, -0.1) is 0 Å². The SMILES string of the molecule is C[C@@H]1CN[C@@H](CN2Cc3cc(F)ccc3C2=O)CN1C(=O)OC(C)(C)C. The van der Waals surface area contributed by atoms with E-state index in [4.69, 9.17) is 4.74 Å². The van der Waals surface area contributed by atoms with Crippen molar-refractivity contribution in [2.45, 2.75) is 51.9 Å². The third kappa shape index (κ3) is 3.98. The molecule has 2 aliphatic rings. The van der Waals surface area contributed by atoms with Gasteiger partial charge >= 0.3 is 6.09 Å². The lowest BCUT2D eigenvalue weighted by Crippen LogP contribution is -2.60. The second-order valence-electron chi connectivity index (χ2n) is 8.07. The predicted molar refractivity (Wildman–Crippen MR) is 95.3 cm³/mol. The number of piperazine rings is 1. The van der Waals surface area contributed by atoms with Gasteiger partial charge in [0.1, 0.15) is 11.4 Å². The highest BCUT2D eigenvalue weighted by atomic mass is 19.1. The van der Waals surface area contributed by atoms with E-state index in [0.29, 0.717) is 37.3 Å². The maximum Gasteiger partial charge on any atom is 0.410 e. The van der Waals surface area contributed by atoms with E-state index >= 15 is 0 Å². The summed E-state index contributed by atoms with van der Waals surface area (Å²) >= 11 is 0. The molecule has 0 radical (unpaired) electrons. The van der Waals surface area contributed by atoms with Crippen LogP contribution in [0.1, 0.15) is 43.6 Å². The number of hydrogen-bond donors (Lipinski definition) is 1. The molecule has 0 unspecified atom stereocenters. The summed E-state index contributed by atoms with van der Waals surface area (Å²) in [6.45, 7) is 9.44. The summed E-state index contributed by atoms with van der Waals surface area (Å²) in [6, 6.07) is 4.22. The van der Waals surface area contributed by atoms with Gasteiger partial charge in [0.05, 0.1) is 0 Å². The maximum atomic E-state index is 13.4. The largest absolute Gasteiger partial charge is 0.444 e. The molecular formula is C19H26FN3O3. The van der Waals surface area contributed by atoms with Crippen molar-refractivity contribution >= 4 is 12.0 Å². The minimum Gasteiger partial charge on any atom is -0.444 e. The Hall–Kier alpha value is -2.15. The molecule has 0 spiro atoms. The summed E-state index contributed by atoms with van der Waals surface area (Å²) in [4.78, 5) is 28.4. The Bertz CT molecular complexity index is 716. The molecule has 7 heteroatoms. The van der Waals surface area contributed by atoms with Gasteiger partial charge in [0.2, 0.25) is 0 Å². The van der Waals surface area contributed by atoms with Crippen molar-refractivity contribution in [1.29, 1.82) is 0 Å². The van der Waals surface area contributed by atoms with Crippen LogP contribution in [0.5, 0.6) is 0 Å². The van der Waals surface area contributed by atoms with Crippen LogP contribution in [0, 0.1) is 5.82 Å². The molecule has 2 aliphatic heterocycles. The topological polar surface area (TPSA) is 61.9 Å². The van der Waals surface area contributed by atoms with Gasteiger partial charge in [-0.25, -0.2) is 9.18 Å². The van der Waals surface area contributed by atoms with Crippen molar-refractivity contribution < 1.29 is 18.7 Å². The molecule has 1 aromatic carbocycles. The number of ether oxygens (including phenoxy) is 1. The summed E-state index contributed by atoms with van der Waals surface area (Å²) < 4.78 is 18.9. The summed E-state index contributed by atoms with van der Waals surface area (Å²) in [5.41, 5.74) is 0.719. The molecule has 0 aliphatic carbocycles. The lowest BCUT2D eigenvalue weighted by molar-refractivity contribution is 0.00817. The number of halogens is 1. The van der Waals surface area contributed by atoms with Crippen LogP contribution in [-0.2, 0) is 11.3 Å². The average Bonchev–Trinajstić information content (AvgIpc) is 2.83. The molecule has 2 amide bonds. The number of carbonyl (C=O) groups excluding carboxylic acids is 2. The van der Waals surface area contributed by atoms with Gasteiger partial charge < -0.3 is 19.9 Å². The quantitative estimate of drug-likeness (QED) is 0.876. The number of benzene rings is 1. The molecule has 2 heterocycles. The number of hydrogen-bond acceptors (Lipinski definition) is 4. The molecule has 1 aromatic rings. The standard InChI is InChI=1S/C19H26FN3O3/c1-12-8-21-15(11-23(12)18(25)26-19(2,3)4)10-22-9-13-7-14(20)5-6-16(13)17(22)24/h5-7,12,15,21H,8-11H2,1-4H3/t12-,15+/m1/s1. The van der Waals surface area contributed by atoms with E-state index in [0.717, 1.165) is 0 Å². The zero-order valence-corrected chi connectivity index (χ0v) is 15.7. The van der Waals surface area contributed by atoms with Gasteiger partial charge in [-0.1, -0.05) is 0 Å². The predicted octanol–water partition coefficient (Wildman–Crippen LogP) is 2.38. The first-order valence-corrected chi connectivity index (χ1v) is 8.95. The smallest absolute Gasteiger partial charge is 0.410 e. The maximum absolute atomic E-state index is 13.4. The molecule has 26 heavy (non-hydrogen) atoms. The van der Waals surface area contributed by atoms with Crippen molar-refractivity contribution in [3.05, 3.63) is 35.1 Å². The minimum absolute atomic E-state index is 0.0154. The molecule has 0 aromatic heterocycles. The first-order valence-electron chi connectivity index (χ1n) is 8.95. The number of carbonyl (C=O) groups is 2. The number of nitrogens with one attached hydrogen (secondary N) is 1. The summed E-state index contributed by atoms with van der Waals surface area (Å²) in [5, 5.41) is 3.38. The first-order chi connectivity index (χ1) is 12.1. The Morgan fingerprint density at radius 2 is 2.12 bits per heavy atom. The Labute approximate surface area is 153 Å². The summed E-state index contributed by atoms with van der Waals surface area (Å²) in [7, 11) is 0. The van der Waals surface area contributed by atoms with Crippen LogP contribution in [0.25, 0.3) is 0 Å². The second-order valence-corrected chi connectivity index (χ2v) is 8.07. The van der Waals surface area contributed by atoms with E-state index in [1.165, 1.54) is 18.2 Å². The van der Waals surface area contributed by atoms with E-state index in [1.807, 2.05) is 27.7 Å². The van der Waals surface area contributed by atoms with Crippen LogP contribution in [-0.4, -0.2) is 59.1 Å². The Kier molecular flexibility index (Phi) is 4.92. The van der Waals surface area contributed by atoms with Gasteiger partial charge in [-0.05, 0) is 51.5 Å². The Balaban J connectivity index is 1.64. The molecule has 0 saturated carbocycles. The van der Waals surface area contributed by atoms with Gasteiger partial charge in [0.25, 0.3) is 5.91 Å². The number of amides is 2. The third-order valence-corrected chi connectivity index (χ3v) is 4.67. The van der Waals surface area contributed by atoms with E-state index in [-0.39, 0.29) is 29.9 Å². The van der Waals surface area contributed by atoms with E-state index in [2.05, 4.69) is 5.32 Å². The molecule has 142 valence electrons. The fourth-order valence-corrected chi connectivity index (χ4v) is 3.39. The normalized spacial score (nSPS) is 23.2. The van der Waals surface area contributed by atoms with E-state index < -0.39 is 5.60 Å². The Morgan fingerprint density at radius 1 is 1.38 bits per heavy atom. The number of fused-ring (bicyclic) bond motifs is 1. The van der Waals surface area contributed by atoms with E-state index in [9.17, 15) is 14.0 Å². The van der Waals surface area contributed by atoms with Gasteiger partial charge in [-0.3, -0.25) is 4.79 Å². The lowest BCUT2D eigenvalue weighted by atomic mass is 10.1. The van der Waals surface area contributed by atoms with E-state index in [1.54, 1.807) is 9.80 Å². The van der Waals surface area contributed by atoms with Crippen molar-refractivity contribution in [3.63, 3.8) is 0 Å². The number of nitrogens with zero attached hydrogens (tertiary/aromatic N) is 2. The highest BCUT2D eigenvalue weighted by molar-refractivity contribution is 5.98. The van der Waals surface area contributed by atoms with Crippen molar-refractivity contribution in [3.8, 4) is 0 Å². The van der Waals surface area contributed by atoms with Crippen molar-refractivity contribution in [2.75, 3.05) is 19.6 Å². The zero-order chi connectivity index (χ0) is 19.1. The monoisotopic (exact) mass is 363 g/mol. The van der Waals surface area contributed by atoms with Crippen molar-refractivity contribution in [2.24, 2.45) is 0 Å². The minimum atomic E-state index is -0.548. The molecule has 1 fully saturated rings. The Morgan fingerprint density at radius 3 is 2.81 bits per heavy atom. The van der Waals surface area contributed by atoms with Crippen molar-refractivity contribution in [1.82, 2.24) is 15.1 Å². The highest BCUT2D eigenvalue weighted by Gasteiger charge is 2.35. The molecule has 2 atom stereocenters. The zero-order valence-electron chi connectivity index (χ0n) is 15.7. The van der Waals surface area contributed by atoms with Crippen LogP contribution in [0.2, 0.25) is 0 Å². The third-order valence-electron chi connectivity index (χ3n) is 4.67. The molecular weight excluding hydrogens is 337 g/mol. The van der Waals surface area contributed by atoms with Gasteiger partial charge in [-0.2, -0.15) is 0 Å². The van der Waals surface area contributed by atoms with Crippen LogP contribution in [0.4, 0.5) is 9.18 Å². The molecule has 1 N–H and O–H groups in total. The summed E-state index contributed by atoms with van der Waals surface area (Å²) in [5.74, 6) is -0.427. The number of rotatable bonds is 2. The molecule has 3 rings (SSSR count). The first kappa shape index (κ1) is 18.6. The fraction of sp³-hybridized carbons (Fsp3) is 0.579. The lowest BCUT2D eigenvalue weighted by Gasteiger charge is -2.40. The van der Waals surface area contributed by atoms with Gasteiger partial charge in [0, 0.05) is 43.8 Å². The van der Waals surface area contributed by atoms with Crippen LogP contribution < -0.4 is 5.32 Å². The molecule has 1 saturated heterocycles.